The molecule has 0 fully saturated rings. The van der Waals surface area contributed by atoms with E-state index in [1.807, 2.05) is 38.1 Å². The Morgan fingerprint density at radius 1 is 1.25 bits per heavy atom. The van der Waals surface area contributed by atoms with E-state index in [1.165, 1.54) is 18.4 Å². The SMILES string of the molecule is COC(=O)CCc1sc(NN=C(C)C)nc1-c1ccc(OC)cc1. The predicted octanol–water partition coefficient (Wildman–Crippen LogP) is 3.73. The molecule has 1 aromatic heterocycles. The molecule has 0 amide bonds. The highest BCUT2D eigenvalue weighted by atomic mass is 32.1. The van der Waals surface area contributed by atoms with E-state index in [0.717, 1.165) is 27.6 Å². The van der Waals surface area contributed by atoms with Gasteiger partial charge in [-0.1, -0.05) is 11.3 Å². The number of aromatic nitrogens is 1. The van der Waals surface area contributed by atoms with Crippen molar-refractivity contribution in [3.63, 3.8) is 0 Å². The highest BCUT2D eigenvalue weighted by Crippen LogP contribution is 2.33. The second-order valence-corrected chi connectivity index (χ2v) is 6.35. The van der Waals surface area contributed by atoms with E-state index in [1.54, 1.807) is 7.11 Å². The first-order valence-electron chi connectivity index (χ1n) is 7.51. The number of nitrogens with zero attached hydrogens (tertiary/aromatic N) is 2. The molecule has 24 heavy (non-hydrogen) atoms. The lowest BCUT2D eigenvalue weighted by Crippen LogP contribution is -2.01. The van der Waals surface area contributed by atoms with Gasteiger partial charge in [0.1, 0.15) is 5.75 Å². The van der Waals surface area contributed by atoms with E-state index in [4.69, 9.17) is 9.47 Å². The Balaban J connectivity index is 2.30. The van der Waals surface area contributed by atoms with Gasteiger partial charge in [-0.05, 0) is 44.5 Å². The standard InChI is InChI=1S/C17H21N3O3S/c1-11(2)19-20-17-18-16(12-5-7-13(22-3)8-6-12)14(24-17)9-10-15(21)23-4/h5-8H,9-10H2,1-4H3,(H,18,20). The van der Waals surface area contributed by atoms with Gasteiger partial charge in [0.05, 0.1) is 26.3 Å². The Labute approximate surface area is 145 Å². The topological polar surface area (TPSA) is 72.8 Å². The third-order valence-electron chi connectivity index (χ3n) is 3.22. The summed E-state index contributed by atoms with van der Waals surface area (Å²) in [6.07, 6.45) is 0.888. The van der Waals surface area contributed by atoms with Crippen LogP contribution in [0.5, 0.6) is 5.75 Å². The molecule has 0 bridgehead atoms. The molecule has 2 aromatic rings. The number of aryl methyl sites for hydroxylation is 1. The first-order chi connectivity index (χ1) is 11.5. The molecule has 6 nitrogen and oxygen atoms in total. The van der Waals surface area contributed by atoms with Crippen molar-refractivity contribution in [1.29, 1.82) is 0 Å². The largest absolute Gasteiger partial charge is 0.497 e. The summed E-state index contributed by atoms with van der Waals surface area (Å²) in [6, 6.07) is 7.68. The summed E-state index contributed by atoms with van der Waals surface area (Å²) in [4.78, 5) is 17.1. The number of nitrogens with one attached hydrogen (secondary N) is 1. The van der Waals surface area contributed by atoms with Crippen LogP contribution in [-0.2, 0) is 16.0 Å². The van der Waals surface area contributed by atoms with E-state index in [0.29, 0.717) is 18.0 Å². The summed E-state index contributed by atoms with van der Waals surface area (Å²) in [7, 11) is 3.03. The normalized spacial score (nSPS) is 10.2. The number of anilines is 1. The maximum absolute atomic E-state index is 11.4. The zero-order chi connectivity index (χ0) is 17.5. The van der Waals surface area contributed by atoms with Gasteiger partial charge in [-0.2, -0.15) is 5.10 Å². The molecule has 0 saturated heterocycles. The number of carbonyl (C=O) groups is 1. The zero-order valence-corrected chi connectivity index (χ0v) is 15.1. The van der Waals surface area contributed by atoms with Crippen molar-refractivity contribution in [2.24, 2.45) is 5.10 Å². The second-order valence-electron chi connectivity index (χ2n) is 5.27. The van der Waals surface area contributed by atoms with Gasteiger partial charge in [0.15, 0.2) is 0 Å². The average molecular weight is 347 g/mol. The number of benzene rings is 1. The summed E-state index contributed by atoms with van der Waals surface area (Å²) in [5.41, 5.74) is 5.68. The van der Waals surface area contributed by atoms with E-state index < -0.39 is 0 Å². The molecular formula is C17H21N3O3S. The third kappa shape index (κ3) is 4.79. The number of ether oxygens (including phenoxy) is 2. The fraction of sp³-hybridized carbons (Fsp3) is 0.353. The van der Waals surface area contributed by atoms with Crippen LogP contribution in [0.3, 0.4) is 0 Å². The van der Waals surface area contributed by atoms with Crippen molar-refractivity contribution in [2.45, 2.75) is 26.7 Å². The van der Waals surface area contributed by atoms with Gasteiger partial charge in [0.2, 0.25) is 5.13 Å². The van der Waals surface area contributed by atoms with Crippen LogP contribution < -0.4 is 10.2 Å². The molecule has 0 aliphatic carbocycles. The Morgan fingerprint density at radius 3 is 2.54 bits per heavy atom. The smallest absolute Gasteiger partial charge is 0.305 e. The van der Waals surface area contributed by atoms with Crippen molar-refractivity contribution in [3.05, 3.63) is 29.1 Å². The number of methoxy groups -OCH3 is 2. The molecule has 0 radical (unpaired) electrons. The number of thiazole rings is 1. The molecule has 0 aliphatic heterocycles. The molecule has 128 valence electrons. The second kappa shape index (κ2) is 8.44. The van der Waals surface area contributed by atoms with Gasteiger partial charge >= 0.3 is 5.97 Å². The van der Waals surface area contributed by atoms with Gasteiger partial charge in [0, 0.05) is 16.2 Å². The number of carbonyl (C=O) groups excluding carboxylic acids is 1. The Morgan fingerprint density at radius 2 is 1.96 bits per heavy atom. The lowest BCUT2D eigenvalue weighted by molar-refractivity contribution is -0.140. The van der Waals surface area contributed by atoms with Crippen LogP contribution in [0.15, 0.2) is 29.4 Å². The summed E-state index contributed by atoms with van der Waals surface area (Å²) in [6.45, 7) is 3.81. The van der Waals surface area contributed by atoms with Crippen LogP contribution in [0.4, 0.5) is 5.13 Å². The van der Waals surface area contributed by atoms with Crippen LogP contribution in [0.25, 0.3) is 11.3 Å². The van der Waals surface area contributed by atoms with Crippen molar-refractivity contribution in [1.82, 2.24) is 4.98 Å². The van der Waals surface area contributed by atoms with Crippen molar-refractivity contribution >= 4 is 28.1 Å². The predicted molar refractivity (Wildman–Crippen MR) is 96.8 cm³/mol. The highest BCUT2D eigenvalue weighted by Gasteiger charge is 2.15. The minimum Gasteiger partial charge on any atom is -0.497 e. The van der Waals surface area contributed by atoms with E-state index in [-0.39, 0.29) is 5.97 Å². The third-order valence-corrected chi connectivity index (χ3v) is 4.24. The molecule has 2 rings (SSSR count). The van der Waals surface area contributed by atoms with Crippen LogP contribution in [0, 0.1) is 0 Å². The molecule has 1 aromatic carbocycles. The van der Waals surface area contributed by atoms with Crippen molar-refractivity contribution in [3.8, 4) is 17.0 Å². The first kappa shape index (κ1) is 17.9. The van der Waals surface area contributed by atoms with Gasteiger partial charge in [-0.3, -0.25) is 10.2 Å². The highest BCUT2D eigenvalue weighted by molar-refractivity contribution is 7.16. The van der Waals surface area contributed by atoms with Gasteiger partial charge < -0.3 is 9.47 Å². The Kier molecular flexibility index (Phi) is 6.31. The van der Waals surface area contributed by atoms with Crippen LogP contribution in [0.1, 0.15) is 25.1 Å². The van der Waals surface area contributed by atoms with Crippen LogP contribution in [-0.4, -0.2) is 30.9 Å². The monoisotopic (exact) mass is 347 g/mol. The number of rotatable bonds is 7. The molecule has 0 unspecified atom stereocenters. The van der Waals surface area contributed by atoms with E-state index in [9.17, 15) is 4.79 Å². The maximum Gasteiger partial charge on any atom is 0.305 e. The molecule has 7 heteroatoms. The number of hydrogen-bond acceptors (Lipinski definition) is 7. The molecule has 1 heterocycles. The summed E-state index contributed by atoms with van der Waals surface area (Å²) in [5, 5.41) is 4.88. The van der Waals surface area contributed by atoms with E-state index >= 15 is 0 Å². The minimum atomic E-state index is -0.235. The van der Waals surface area contributed by atoms with Crippen LogP contribution >= 0.6 is 11.3 Å². The van der Waals surface area contributed by atoms with Gasteiger partial charge in [-0.25, -0.2) is 4.98 Å². The number of hydrogen-bond donors (Lipinski definition) is 1. The first-order valence-corrected chi connectivity index (χ1v) is 8.33. The fourth-order valence-corrected chi connectivity index (χ4v) is 2.95. The van der Waals surface area contributed by atoms with Crippen LogP contribution in [0.2, 0.25) is 0 Å². The quantitative estimate of drug-likeness (QED) is 0.469. The van der Waals surface area contributed by atoms with Gasteiger partial charge in [-0.15, -0.1) is 0 Å². The maximum atomic E-state index is 11.4. The van der Waals surface area contributed by atoms with Crippen molar-refractivity contribution < 1.29 is 14.3 Å². The number of hydrazone groups is 1. The molecule has 0 aliphatic rings. The lowest BCUT2D eigenvalue weighted by Gasteiger charge is -2.04. The lowest BCUT2D eigenvalue weighted by atomic mass is 10.1. The fourth-order valence-electron chi connectivity index (χ4n) is 2.02. The molecule has 0 spiro atoms. The van der Waals surface area contributed by atoms with E-state index in [2.05, 4.69) is 15.5 Å². The molecule has 1 N–H and O–H groups in total. The van der Waals surface area contributed by atoms with Crippen molar-refractivity contribution in [2.75, 3.05) is 19.6 Å². The Bertz CT molecular complexity index is 719. The molecular weight excluding hydrogens is 326 g/mol. The summed E-state index contributed by atoms with van der Waals surface area (Å²) in [5.74, 6) is 0.552. The molecule has 0 saturated carbocycles. The molecule has 0 atom stereocenters. The van der Waals surface area contributed by atoms with Gasteiger partial charge in [0.25, 0.3) is 0 Å². The average Bonchev–Trinajstić information content (AvgIpc) is 3.01. The summed E-state index contributed by atoms with van der Waals surface area (Å²) >= 11 is 1.49. The Hall–Kier alpha value is -2.41. The number of esters is 1. The minimum absolute atomic E-state index is 0.235. The zero-order valence-electron chi connectivity index (χ0n) is 14.3. The summed E-state index contributed by atoms with van der Waals surface area (Å²) < 4.78 is 9.91.